The minimum Gasteiger partial charge on any atom is -0.345 e. The van der Waals surface area contributed by atoms with E-state index in [9.17, 15) is 4.79 Å². The summed E-state index contributed by atoms with van der Waals surface area (Å²) in [6.45, 7) is 6.58. The van der Waals surface area contributed by atoms with Gasteiger partial charge in [-0.3, -0.25) is 4.79 Å². The number of benzene rings is 1. The molecular formula is C22H29Cl2N5O. The SMILES string of the molecule is CC(C)n1ncc2c(C(=O)NC(C)(CN)C3CC3)cc(-c3ccccc3)nc21.Cl.Cl. The minimum absolute atomic E-state index is 0. The van der Waals surface area contributed by atoms with Crippen LogP contribution in [0.3, 0.4) is 0 Å². The summed E-state index contributed by atoms with van der Waals surface area (Å²) in [5.41, 5.74) is 8.68. The summed E-state index contributed by atoms with van der Waals surface area (Å²) in [5.74, 6) is 0.332. The van der Waals surface area contributed by atoms with Crippen LogP contribution < -0.4 is 11.1 Å². The Balaban J connectivity index is 0.00000160. The second kappa shape index (κ2) is 9.33. The molecule has 6 nitrogen and oxygen atoms in total. The Morgan fingerprint density at radius 1 is 1.27 bits per heavy atom. The predicted octanol–water partition coefficient (Wildman–Crippen LogP) is 4.38. The molecule has 0 saturated heterocycles. The molecule has 2 aromatic heterocycles. The van der Waals surface area contributed by atoms with Gasteiger partial charge in [-0.1, -0.05) is 30.3 Å². The lowest BCUT2D eigenvalue weighted by Crippen LogP contribution is -2.53. The maximum Gasteiger partial charge on any atom is 0.252 e. The van der Waals surface area contributed by atoms with Crippen molar-refractivity contribution in [3.8, 4) is 11.3 Å². The molecule has 1 aliphatic rings. The molecule has 30 heavy (non-hydrogen) atoms. The molecule has 0 aliphatic heterocycles. The van der Waals surface area contributed by atoms with Crippen LogP contribution in [0.25, 0.3) is 22.3 Å². The van der Waals surface area contributed by atoms with E-state index in [1.807, 2.05) is 48.0 Å². The number of hydrogen-bond acceptors (Lipinski definition) is 4. The predicted molar refractivity (Wildman–Crippen MR) is 125 cm³/mol. The zero-order valence-electron chi connectivity index (χ0n) is 17.5. The highest BCUT2D eigenvalue weighted by molar-refractivity contribution is 6.06. The number of nitrogens with one attached hydrogen (secondary N) is 1. The normalized spacial score (nSPS) is 15.2. The van der Waals surface area contributed by atoms with Crippen molar-refractivity contribution in [2.45, 2.75) is 45.2 Å². The average molecular weight is 450 g/mol. The van der Waals surface area contributed by atoms with Crippen LogP contribution in [0.4, 0.5) is 0 Å². The molecule has 1 unspecified atom stereocenters. The van der Waals surface area contributed by atoms with E-state index < -0.39 is 0 Å². The summed E-state index contributed by atoms with van der Waals surface area (Å²) in [6, 6.07) is 11.9. The third-order valence-electron chi connectivity index (χ3n) is 5.67. The van der Waals surface area contributed by atoms with Crippen molar-refractivity contribution in [3.05, 3.63) is 48.2 Å². The minimum atomic E-state index is -0.381. The lowest BCUT2D eigenvalue weighted by Gasteiger charge is -2.29. The van der Waals surface area contributed by atoms with Crippen LogP contribution >= 0.6 is 24.8 Å². The number of carbonyl (C=O) groups excluding carboxylic acids is 1. The summed E-state index contributed by atoms with van der Waals surface area (Å²) >= 11 is 0. The van der Waals surface area contributed by atoms with Gasteiger partial charge < -0.3 is 11.1 Å². The van der Waals surface area contributed by atoms with Crippen molar-refractivity contribution in [1.29, 1.82) is 0 Å². The fourth-order valence-corrected chi connectivity index (χ4v) is 3.71. The topological polar surface area (TPSA) is 85.8 Å². The number of fused-ring (bicyclic) bond motifs is 1. The fourth-order valence-electron chi connectivity index (χ4n) is 3.71. The molecule has 3 aromatic rings. The summed E-state index contributed by atoms with van der Waals surface area (Å²) < 4.78 is 1.86. The van der Waals surface area contributed by atoms with Crippen LogP contribution in [0, 0.1) is 5.92 Å². The Morgan fingerprint density at radius 2 is 1.93 bits per heavy atom. The van der Waals surface area contributed by atoms with Gasteiger partial charge in [-0.05, 0) is 45.6 Å². The number of nitrogens with two attached hydrogens (primary N) is 1. The molecule has 1 aromatic carbocycles. The van der Waals surface area contributed by atoms with Crippen LogP contribution in [0.5, 0.6) is 0 Å². The van der Waals surface area contributed by atoms with Crippen molar-refractivity contribution in [2.24, 2.45) is 11.7 Å². The Labute approximate surface area is 189 Å². The quantitative estimate of drug-likeness (QED) is 0.584. The van der Waals surface area contributed by atoms with Gasteiger partial charge in [-0.25, -0.2) is 9.67 Å². The molecule has 1 aliphatic carbocycles. The third-order valence-corrected chi connectivity index (χ3v) is 5.67. The van der Waals surface area contributed by atoms with Crippen LogP contribution in [-0.2, 0) is 0 Å². The average Bonchev–Trinajstić information content (AvgIpc) is 3.47. The van der Waals surface area contributed by atoms with Gasteiger partial charge in [-0.15, -0.1) is 24.8 Å². The second-order valence-corrected chi connectivity index (χ2v) is 8.19. The van der Waals surface area contributed by atoms with E-state index >= 15 is 0 Å². The smallest absolute Gasteiger partial charge is 0.252 e. The Bertz CT molecular complexity index is 1020. The van der Waals surface area contributed by atoms with E-state index in [1.165, 1.54) is 0 Å². The van der Waals surface area contributed by atoms with E-state index in [4.69, 9.17) is 10.7 Å². The van der Waals surface area contributed by atoms with E-state index in [0.29, 0.717) is 18.0 Å². The molecule has 0 radical (unpaired) electrons. The molecular weight excluding hydrogens is 421 g/mol. The number of rotatable bonds is 6. The fraction of sp³-hybridized carbons (Fsp3) is 0.409. The number of aromatic nitrogens is 3. The monoisotopic (exact) mass is 449 g/mol. The molecule has 3 N–H and O–H groups in total. The van der Waals surface area contributed by atoms with Gasteiger partial charge in [0.2, 0.25) is 0 Å². The first-order valence-corrected chi connectivity index (χ1v) is 9.89. The number of halogens is 2. The summed E-state index contributed by atoms with van der Waals surface area (Å²) in [5, 5.41) is 8.45. The highest BCUT2D eigenvalue weighted by Crippen LogP contribution is 2.39. The summed E-state index contributed by atoms with van der Waals surface area (Å²) in [7, 11) is 0. The Hall–Kier alpha value is -2.15. The van der Waals surface area contributed by atoms with Crippen LogP contribution in [0.15, 0.2) is 42.6 Å². The first kappa shape index (κ1) is 24.1. The van der Waals surface area contributed by atoms with Crippen LogP contribution in [0.1, 0.15) is 50.0 Å². The van der Waals surface area contributed by atoms with Gasteiger partial charge in [0.05, 0.1) is 28.4 Å². The number of carbonyl (C=O) groups is 1. The maximum atomic E-state index is 13.3. The number of pyridine rings is 1. The van der Waals surface area contributed by atoms with Crippen LogP contribution in [0.2, 0.25) is 0 Å². The zero-order chi connectivity index (χ0) is 19.9. The van der Waals surface area contributed by atoms with Crippen molar-refractivity contribution in [3.63, 3.8) is 0 Å². The highest BCUT2D eigenvalue weighted by Gasteiger charge is 2.42. The molecule has 2 heterocycles. The Kier molecular flexibility index (Phi) is 7.50. The molecule has 0 spiro atoms. The standard InChI is InChI=1S/C22H27N5O.2ClH/c1-14(2)27-20-18(12-24-27)17(11-19(25-20)15-7-5-4-6-8-15)21(28)26-22(3,13-23)16-9-10-16;;/h4-8,11-12,14,16H,9-10,13,23H2,1-3H3,(H,26,28);2*1H. The molecule has 1 saturated carbocycles. The lowest BCUT2D eigenvalue weighted by molar-refractivity contribution is 0.0899. The van der Waals surface area contributed by atoms with Crippen LogP contribution in [-0.4, -0.2) is 32.8 Å². The van der Waals surface area contributed by atoms with E-state index in [-0.39, 0.29) is 42.3 Å². The van der Waals surface area contributed by atoms with Crippen molar-refractivity contribution in [1.82, 2.24) is 20.1 Å². The van der Waals surface area contributed by atoms with Gasteiger partial charge in [-0.2, -0.15) is 5.10 Å². The molecule has 1 fully saturated rings. The first-order chi connectivity index (χ1) is 13.4. The molecule has 8 heteroatoms. The molecule has 1 amide bonds. The third kappa shape index (κ3) is 4.46. The summed E-state index contributed by atoms with van der Waals surface area (Å²) in [6.07, 6.45) is 3.96. The van der Waals surface area contributed by atoms with Crippen molar-refractivity contribution in [2.75, 3.05) is 6.54 Å². The maximum absolute atomic E-state index is 13.3. The van der Waals surface area contributed by atoms with Gasteiger partial charge in [0.25, 0.3) is 5.91 Å². The Morgan fingerprint density at radius 3 is 2.50 bits per heavy atom. The van der Waals surface area contributed by atoms with Crippen molar-refractivity contribution >= 4 is 41.8 Å². The van der Waals surface area contributed by atoms with E-state index in [2.05, 4.69) is 24.3 Å². The van der Waals surface area contributed by atoms with E-state index in [1.54, 1.807) is 6.20 Å². The number of amides is 1. The molecule has 162 valence electrons. The summed E-state index contributed by atoms with van der Waals surface area (Å²) in [4.78, 5) is 18.1. The van der Waals surface area contributed by atoms with Gasteiger partial charge >= 0.3 is 0 Å². The molecule has 4 rings (SSSR count). The molecule has 0 bridgehead atoms. The highest BCUT2D eigenvalue weighted by atomic mass is 35.5. The van der Waals surface area contributed by atoms with E-state index in [0.717, 1.165) is 35.1 Å². The number of hydrogen-bond donors (Lipinski definition) is 2. The second-order valence-electron chi connectivity index (χ2n) is 8.19. The molecule has 1 atom stereocenters. The van der Waals surface area contributed by atoms with Gasteiger partial charge in [0.15, 0.2) is 5.65 Å². The first-order valence-electron chi connectivity index (χ1n) is 9.89. The van der Waals surface area contributed by atoms with Gasteiger partial charge in [0.1, 0.15) is 0 Å². The number of nitrogens with zero attached hydrogens (tertiary/aromatic N) is 3. The van der Waals surface area contributed by atoms with Crippen molar-refractivity contribution < 1.29 is 4.79 Å². The lowest BCUT2D eigenvalue weighted by atomic mass is 9.95. The zero-order valence-corrected chi connectivity index (χ0v) is 19.1. The largest absolute Gasteiger partial charge is 0.345 e. The van der Waals surface area contributed by atoms with Gasteiger partial charge in [0, 0.05) is 18.2 Å².